The first-order valence-electron chi connectivity index (χ1n) is 8.56. The van der Waals surface area contributed by atoms with Gasteiger partial charge in [0.15, 0.2) is 26.5 Å². The fourth-order valence-electron chi connectivity index (χ4n) is 3.28. The van der Waals surface area contributed by atoms with E-state index in [-0.39, 0.29) is 41.4 Å². The zero-order valence-electron chi connectivity index (χ0n) is 14.5. The number of rotatable bonds is 3. The predicted molar refractivity (Wildman–Crippen MR) is 101 cm³/mol. The Morgan fingerprint density at radius 1 is 1.35 bits per heavy atom. The number of fused-ring (bicyclic) bond motifs is 2. The quantitative estimate of drug-likeness (QED) is 0.773. The molecule has 4 rings (SSSR count). The number of amidine groups is 1. The fraction of sp³-hybridized carbons (Fsp3) is 0.529. The first-order chi connectivity index (χ1) is 12.4. The second kappa shape index (κ2) is 6.45. The Labute approximate surface area is 156 Å². The molecular formula is C17H20N2O5S2. The molecule has 3 heterocycles. The first-order valence-corrected chi connectivity index (χ1v) is 11.3. The van der Waals surface area contributed by atoms with Crippen molar-refractivity contribution in [1.82, 2.24) is 0 Å². The van der Waals surface area contributed by atoms with E-state index >= 15 is 0 Å². The van der Waals surface area contributed by atoms with Crippen LogP contribution in [0.2, 0.25) is 0 Å². The standard InChI is InChI=1S/C17H20N2O5S2/c1-3-10(2)16(20)18-17-19(12-7-26(21,22)8-15(12)25-17)11-4-5-13-14(6-11)24-9-23-13/h4-6,10,12,15H,3,7-9H2,1-2H3/t10-,12+,15-/m0/s1. The van der Waals surface area contributed by atoms with Crippen LogP contribution < -0.4 is 14.4 Å². The Bertz CT molecular complexity index is 883. The van der Waals surface area contributed by atoms with Crippen molar-refractivity contribution in [2.24, 2.45) is 10.9 Å². The molecule has 2 saturated heterocycles. The molecule has 0 spiro atoms. The van der Waals surface area contributed by atoms with Gasteiger partial charge in [-0.2, -0.15) is 4.99 Å². The van der Waals surface area contributed by atoms with Crippen LogP contribution in [0.4, 0.5) is 5.69 Å². The zero-order valence-corrected chi connectivity index (χ0v) is 16.2. The first kappa shape index (κ1) is 17.7. The van der Waals surface area contributed by atoms with Gasteiger partial charge in [0, 0.05) is 22.9 Å². The van der Waals surface area contributed by atoms with Crippen molar-refractivity contribution in [1.29, 1.82) is 0 Å². The lowest BCUT2D eigenvalue weighted by atomic mass is 10.1. The van der Waals surface area contributed by atoms with E-state index in [0.29, 0.717) is 23.1 Å². The Morgan fingerprint density at radius 2 is 2.12 bits per heavy atom. The van der Waals surface area contributed by atoms with Crippen molar-refractivity contribution in [2.45, 2.75) is 31.6 Å². The molecule has 1 aromatic carbocycles. The van der Waals surface area contributed by atoms with E-state index in [2.05, 4.69) is 4.99 Å². The van der Waals surface area contributed by atoms with Crippen LogP contribution in [0.15, 0.2) is 23.2 Å². The van der Waals surface area contributed by atoms with E-state index < -0.39 is 9.84 Å². The van der Waals surface area contributed by atoms with E-state index in [4.69, 9.17) is 9.47 Å². The van der Waals surface area contributed by atoms with Crippen LogP contribution in [0.1, 0.15) is 20.3 Å². The van der Waals surface area contributed by atoms with Gasteiger partial charge in [0.25, 0.3) is 5.91 Å². The smallest absolute Gasteiger partial charge is 0.250 e. The third-order valence-corrected chi connectivity index (χ3v) is 8.15. The average molecular weight is 396 g/mol. The van der Waals surface area contributed by atoms with Crippen molar-refractivity contribution in [3.05, 3.63) is 18.2 Å². The van der Waals surface area contributed by atoms with E-state index in [0.717, 1.165) is 5.69 Å². The summed E-state index contributed by atoms with van der Waals surface area (Å²) in [5, 5.41) is 0.452. The van der Waals surface area contributed by atoms with Crippen LogP contribution in [-0.2, 0) is 14.6 Å². The van der Waals surface area contributed by atoms with Crippen LogP contribution >= 0.6 is 11.8 Å². The third kappa shape index (κ3) is 3.07. The lowest BCUT2D eigenvalue weighted by Crippen LogP contribution is -2.37. The number of hydrogen-bond donors (Lipinski definition) is 0. The fourth-order valence-corrected chi connectivity index (χ4v) is 7.20. The number of carbonyl (C=O) groups excluding carboxylic acids is 1. The van der Waals surface area contributed by atoms with Crippen molar-refractivity contribution in [2.75, 3.05) is 23.2 Å². The number of hydrogen-bond acceptors (Lipinski definition) is 6. The number of amides is 1. The van der Waals surface area contributed by atoms with E-state index in [9.17, 15) is 13.2 Å². The summed E-state index contributed by atoms with van der Waals surface area (Å²) >= 11 is 1.38. The zero-order chi connectivity index (χ0) is 18.5. The molecule has 0 bridgehead atoms. The molecule has 0 aliphatic carbocycles. The molecule has 7 nitrogen and oxygen atoms in total. The van der Waals surface area contributed by atoms with Gasteiger partial charge in [0.2, 0.25) is 6.79 Å². The highest BCUT2D eigenvalue weighted by Gasteiger charge is 2.49. The largest absolute Gasteiger partial charge is 0.454 e. The molecule has 26 heavy (non-hydrogen) atoms. The summed E-state index contributed by atoms with van der Waals surface area (Å²) in [6, 6.07) is 5.24. The lowest BCUT2D eigenvalue weighted by molar-refractivity contribution is -0.121. The summed E-state index contributed by atoms with van der Waals surface area (Å²) in [7, 11) is -3.09. The summed E-state index contributed by atoms with van der Waals surface area (Å²) in [6.07, 6.45) is 0.714. The number of thioether (sulfide) groups is 1. The van der Waals surface area contributed by atoms with Gasteiger partial charge < -0.3 is 14.4 Å². The van der Waals surface area contributed by atoms with Gasteiger partial charge in [0.05, 0.1) is 17.5 Å². The molecule has 3 atom stereocenters. The molecule has 0 saturated carbocycles. The molecule has 0 aromatic heterocycles. The number of ether oxygens (including phenoxy) is 2. The average Bonchev–Trinajstić information content (AvgIpc) is 3.25. The highest BCUT2D eigenvalue weighted by molar-refractivity contribution is 8.16. The maximum absolute atomic E-state index is 12.4. The van der Waals surface area contributed by atoms with Gasteiger partial charge >= 0.3 is 0 Å². The van der Waals surface area contributed by atoms with Crippen LogP contribution in [0.3, 0.4) is 0 Å². The molecule has 2 fully saturated rings. The summed E-state index contributed by atoms with van der Waals surface area (Å²) in [5.41, 5.74) is 0.766. The van der Waals surface area contributed by atoms with Gasteiger partial charge in [0.1, 0.15) is 0 Å². The second-order valence-electron chi connectivity index (χ2n) is 6.75. The summed E-state index contributed by atoms with van der Waals surface area (Å²) in [5.74, 6) is 1.11. The molecule has 0 unspecified atom stereocenters. The van der Waals surface area contributed by atoms with Gasteiger partial charge in [-0.15, -0.1) is 0 Å². The van der Waals surface area contributed by atoms with Crippen molar-refractivity contribution in [3.63, 3.8) is 0 Å². The molecule has 1 aromatic rings. The Balaban J connectivity index is 1.73. The van der Waals surface area contributed by atoms with Gasteiger partial charge in [-0.05, 0) is 18.6 Å². The Hall–Kier alpha value is -1.74. The monoisotopic (exact) mass is 396 g/mol. The summed E-state index contributed by atoms with van der Waals surface area (Å²) < 4.78 is 35.0. The van der Waals surface area contributed by atoms with Crippen LogP contribution in [-0.4, -0.2) is 49.1 Å². The molecule has 0 N–H and O–H groups in total. The van der Waals surface area contributed by atoms with E-state index in [1.165, 1.54) is 11.8 Å². The molecule has 9 heteroatoms. The minimum atomic E-state index is -3.09. The molecule has 3 aliphatic rings. The van der Waals surface area contributed by atoms with E-state index in [1.807, 2.05) is 30.9 Å². The SMILES string of the molecule is CC[C@H](C)C(=O)N=C1S[C@H]2CS(=O)(=O)C[C@H]2N1c1ccc2c(c1)OCO2. The van der Waals surface area contributed by atoms with Crippen molar-refractivity contribution in [3.8, 4) is 11.5 Å². The third-order valence-electron chi connectivity index (χ3n) is 4.94. The number of anilines is 1. The highest BCUT2D eigenvalue weighted by Crippen LogP contribution is 2.44. The highest BCUT2D eigenvalue weighted by atomic mass is 32.2. The molecular weight excluding hydrogens is 376 g/mol. The number of carbonyl (C=O) groups is 1. The molecule has 140 valence electrons. The normalized spacial score (nSPS) is 28.4. The number of sulfone groups is 1. The van der Waals surface area contributed by atoms with Crippen LogP contribution in [0.25, 0.3) is 0 Å². The molecule has 0 radical (unpaired) electrons. The summed E-state index contributed by atoms with van der Waals surface area (Å²) in [6.45, 7) is 3.96. The topological polar surface area (TPSA) is 85.3 Å². The van der Waals surface area contributed by atoms with Gasteiger partial charge in [-0.3, -0.25) is 4.79 Å². The van der Waals surface area contributed by atoms with E-state index in [1.54, 1.807) is 6.07 Å². The maximum Gasteiger partial charge on any atom is 0.250 e. The summed E-state index contributed by atoms with van der Waals surface area (Å²) in [4.78, 5) is 18.6. The van der Waals surface area contributed by atoms with Gasteiger partial charge in [-0.25, -0.2) is 8.42 Å². The molecule has 3 aliphatic heterocycles. The molecule has 1 amide bonds. The maximum atomic E-state index is 12.4. The van der Waals surface area contributed by atoms with Crippen LogP contribution in [0, 0.1) is 5.92 Å². The Kier molecular flexibility index (Phi) is 4.38. The lowest BCUT2D eigenvalue weighted by Gasteiger charge is -2.24. The van der Waals surface area contributed by atoms with Crippen LogP contribution in [0.5, 0.6) is 11.5 Å². The minimum Gasteiger partial charge on any atom is -0.454 e. The van der Waals surface area contributed by atoms with Crippen molar-refractivity contribution < 1.29 is 22.7 Å². The second-order valence-corrected chi connectivity index (χ2v) is 10.1. The number of benzene rings is 1. The number of aliphatic imine (C=N–C) groups is 1. The van der Waals surface area contributed by atoms with Crippen molar-refractivity contribution >= 4 is 38.4 Å². The Morgan fingerprint density at radius 3 is 2.88 bits per heavy atom. The van der Waals surface area contributed by atoms with Gasteiger partial charge in [-0.1, -0.05) is 25.6 Å². The number of nitrogens with zero attached hydrogens (tertiary/aromatic N) is 2. The predicted octanol–water partition coefficient (Wildman–Crippen LogP) is 2.06. The minimum absolute atomic E-state index is 0.0651.